The van der Waals surface area contributed by atoms with Gasteiger partial charge in [-0.1, -0.05) is 30.3 Å². The molecule has 0 amide bonds. The number of rotatable bonds is 1. The summed E-state index contributed by atoms with van der Waals surface area (Å²) in [4.78, 5) is 2.28. The smallest absolute Gasteiger partial charge is 0.118 e. The summed E-state index contributed by atoms with van der Waals surface area (Å²) >= 11 is 0. The molecule has 2 aromatic rings. The summed E-state index contributed by atoms with van der Waals surface area (Å²) in [5, 5.41) is 1.82. The van der Waals surface area contributed by atoms with E-state index in [1.54, 1.807) is 0 Å². The van der Waals surface area contributed by atoms with Gasteiger partial charge < -0.3 is 4.90 Å². The van der Waals surface area contributed by atoms with Crippen LogP contribution in [0.25, 0.3) is 0 Å². The Morgan fingerprint density at radius 3 is 2.11 bits per heavy atom. The summed E-state index contributed by atoms with van der Waals surface area (Å²) < 4.78 is 0. The molecule has 0 unspecified atom stereocenters. The molecule has 0 saturated carbocycles. The predicted molar refractivity (Wildman–Crippen MR) is 75.9 cm³/mol. The number of benzene rings is 2. The molecule has 0 bridgehead atoms. The van der Waals surface area contributed by atoms with Crippen molar-refractivity contribution in [3.8, 4) is 0 Å². The lowest BCUT2D eigenvalue weighted by atomic mass is 10.1. The Bertz CT molecular complexity index is 579. The number of hydrogen-bond acceptors (Lipinski definition) is 3. The largest absolute Gasteiger partial charge is 0.317 e. The lowest BCUT2D eigenvalue weighted by molar-refractivity contribution is 0.697. The quantitative estimate of drug-likeness (QED) is 0.776. The van der Waals surface area contributed by atoms with Gasteiger partial charge in [0.15, 0.2) is 0 Å². The standard InChI is InChI=1S/C15H17N3/c1-11-7-3-4-8-13(11)17-12(2)18(16)15-10-6-5-9-14(15)17/h3-10,12H,16H2,1-2H3/t12-/m1/s1. The summed E-state index contributed by atoms with van der Waals surface area (Å²) in [5.74, 6) is 6.16. The lowest BCUT2D eigenvalue weighted by Crippen LogP contribution is -2.43. The highest BCUT2D eigenvalue weighted by Gasteiger charge is 2.32. The first-order valence-electron chi connectivity index (χ1n) is 6.18. The van der Waals surface area contributed by atoms with E-state index >= 15 is 0 Å². The third kappa shape index (κ3) is 1.48. The molecule has 0 saturated heterocycles. The van der Waals surface area contributed by atoms with Crippen molar-refractivity contribution >= 4 is 17.1 Å². The van der Waals surface area contributed by atoms with Gasteiger partial charge in [0, 0.05) is 5.69 Å². The highest BCUT2D eigenvalue weighted by atomic mass is 15.5. The number of aryl methyl sites for hydroxylation is 1. The minimum Gasteiger partial charge on any atom is -0.317 e. The molecule has 0 aromatic heterocycles. The fourth-order valence-electron chi connectivity index (χ4n) is 2.58. The van der Waals surface area contributed by atoms with E-state index in [1.165, 1.54) is 16.9 Å². The molecule has 0 spiro atoms. The van der Waals surface area contributed by atoms with Crippen molar-refractivity contribution in [2.24, 2.45) is 5.84 Å². The zero-order chi connectivity index (χ0) is 12.7. The molecular weight excluding hydrogens is 222 g/mol. The Balaban J connectivity index is 2.16. The second-order valence-corrected chi connectivity index (χ2v) is 4.68. The highest BCUT2D eigenvalue weighted by Crippen LogP contribution is 2.42. The van der Waals surface area contributed by atoms with Gasteiger partial charge in [0.25, 0.3) is 0 Å². The average Bonchev–Trinajstić information content (AvgIpc) is 2.64. The molecule has 1 aliphatic heterocycles. The number of hydrazine groups is 1. The molecule has 3 nitrogen and oxygen atoms in total. The Morgan fingerprint density at radius 1 is 0.889 bits per heavy atom. The normalized spacial score (nSPS) is 18.1. The van der Waals surface area contributed by atoms with Crippen molar-refractivity contribution in [1.82, 2.24) is 0 Å². The van der Waals surface area contributed by atoms with Gasteiger partial charge in [-0.25, -0.2) is 5.84 Å². The van der Waals surface area contributed by atoms with E-state index in [4.69, 9.17) is 5.84 Å². The van der Waals surface area contributed by atoms with Crippen LogP contribution >= 0.6 is 0 Å². The van der Waals surface area contributed by atoms with Crippen molar-refractivity contribution < 1.29 is 0 Å². The Morgan fingerprint density at radius 2 is 1.44 bits per heavy atom. The van der Waals surface area contributed by atoms with Crippen LogP contribution < -0.4 is 15.8 Å². The fraction of sp³-hybridized carbons (Fsp3) is 0.200. The molecule has 1 aliphatic rings. The van der Waals surface area contributed by atoms with Crippen LogP contribution in [0.4, 0.5) is 17.1 Å². The molecule has 0 aliphatic carbocycles. The molecule has 3 rings (SSSR count). The van der Waals surface area contributed by atoms with Gasteiger partial charge in [0.1, 0.15) is 6.17 Å². The third-order valence-electron chi connectivity index (χ3n) is 3.57. The maximum Gasteiger partial charge on any atom is 0.118 e. The minimum absolute atomic E-state index is 0.128. The summed E-state index contributed by atoms with van der Waals surface area (Å²) in [6.07, 6.45) is 0.128. The Kier molecular flexibility index (Phi) is 2.49. The van der Waals surface area contributed by atoms with E-state index in [9.17, 15) is 0 Å². The molecule has 1 atom stereocenters. The monoisotopic (exact) mass is 239 g/mol. The van der Waals surface area contributed by atoms with Gasteiger partial charge in [-0.05, 0) is 37.6 Å². The molecule has 0 radical (unpaired) electrons. The van der Waals surface area contributed by atoms with Crippen molar-refractivity contribution in [2.45, 2.75) is 20.0 Å². The first-order chi connectivity index (χ1) is 8.70. The van der Waals surface area contributed by atoms with Crippen LogP contribution in [0, 0.1) is 6.92 Å². The van der Waals surface area contributed by atoms with E-state index in [0.717, 1.165) is 5.69 Å². The second kappa shape index (κ2) is 4.03. The van der Waals surface area contributed by atoms with Crippen LogP contribution in [0.15, 0.2) is 48.5 Å². The van der Waals surface area contributed by atoms with Crippen LogP contribution in [0.1, 0.15) is 12.5 Å². The first kappa shape index (κ1) is 11.1. The number of nitrogens with zero attached hydrogens (tertiary/aromatic N) is 2. The zero-order valence-corrected chi connectivity index (χ0v) is 10.7. The number of para-hydroxylation sites is 3. The fourth-order valence-corrected chi connectivity index (χ4v) is 2.58. The summed E-state index contributed by atoms with van der Waals surface area (Å²) in [6, 6.07) is 16.6. The highest BCUT2D eigenvalue weighted by molar-refractivity contribution is 5.83. The van der Waals surface area contributed by atoms with Crippen LogP contribution in [-0.2, 0) is 0 Å². The van der Waals surface area contributed by atoms with Crippen molar-refractivity contribution in [1.29, 1.82) is 0 Å². The van der Waals surface area contributed by atoms with Gasteiger partial charge in [-0.3, -0.25) is 5.01 Å². The van der Waals surface area contributed by atoms with Crippen LogP contribution in [-0.4, -0.2) is 6.17 Å². The summed E-state index contributed by atoms with van der Waals surface area (Å²) in [6.45, 7) is 4.25. The van der Waals surface area contributed by atoms with E-state index in [-0.39, 0.29) is 6.17 Å². The number of hydrogen-bond donors (Lipinski definition) is 1. The molecule has 0 fully saturated rings. The van der Waals surface area contributed by atoms with Crippen LogP contribution in [0.3, 0.4) is 0 Å². The molecule has 1 heterocycles. The van der Waals surface area contributed by atoms with Crippen LogP contribution in [0.5, 0.6) is 0 Å². The van der Waals surface area contributed by atoms with Crippen LogP contribution in [0.2, 0.25) is 0 Å². The van der Waals surface area contributed by atoms with Crippen molar-refractivity contribution in [3.05, 3.63) is 54.1 Å². The van der Waals surface area contributed by atoms with Gasteiger partial charge in [0.2, 0.25) is 0 Å². The topological polar surface area (TPSA) is 32.5 Å². The maximum absolute atomic E-state index is 6.16. The van der Waals surface area contributed by atoms with Crippen molar-refractivity contribution in [2.75, 3.05) is 9.91 Å². The molecule has 3 heteroatoms. The Hall–Kier alpha value is -2.00. The molecule has 2 aromatic carbocycles. The SMILES string of the molecule is Cc1ccccc1N1c2ccccc2N(N)[C@@H]1C. The maximum atomic E-state index is 6.16. The first-order valence-corrected chi connectivity index (χ1v) is 6.18. The number of anilines is 3. The number of nitrogens with two attached hydrogens (primary N) is 1. The third-order valence-corrected chi connectivity index (χ3v) is 3.57. The molecule has 92 valence electrons. The second-order valence-electron chi connectivity index (χ2n) is 4.68. The van der Waals surface area contributed by atoms with E-state index < -0.39 is 0 Å². The van der Waals surface area contributed by atoms with E-state index in [1.807, 2.05) is 11.1 Å². The van der Waals surface area contributed by atoms with E-state index in [2.05, 4.69) is 61.2 Å². The summed E-state index contributed by atoms with van der Waals surface area (Å²) in [7, 11) is 0. The zero-order valence-electron chi connectivity index (χ0n) is 10.7. The van der Waals surface area contributed by atoms with Gasteiger partial charge >= 0.3 is 0 Å². The van der Waals surface area contributed by atoms with Crippen molar-refractivity contribution in [3.63, 3.8) is 0 Å². The van der Waals surface area contributed by atoms with Gasteiger partial charge in [-0.15, -0.1) is 0 Å². The van der Waals surface area contributed by atoms with Gasteiger partial charge in [-0.2, -0.15) is 0 Å². The molecular formula is C15H17N3. The van der Waals surface area contributed by atoms with Gasteiger partial charge in [0.05, 0.1) is 11.4 Å². The number of fused-ring (bicyclic) bond motifs is 1. The molecule has 18 heavy (non-hydrogen) atoms. The predicted octanol–water partition coefficient (Wildman–Crippen LogP) is 3.17. The lowest BCUT2D eigenvalue weighted by Gasteiger charge is -2.28. The molecule has 2 N–H and O–H groups in total. The summed E-state index contributed by atoms with van der Waals surface area (Å²) in [5.41, 5.74) is 4.72. The Labute approximate surface area is 107 Å². The minimum atomic E-state index is 0.128. The average molecular weight is 239 g/mol. The van der Waals surface area contributed by atoms with E-state index in [0.29, 0.717) is 0 Å².